The topological polar surface area (TPSA) is 172 Å². The maximum atomic E-state index is 15.0. The minimum Gasteiger partial charge on any atom is -0.344 e. The molecule has 0 saturated carbocycles. The number of carbonyl (C=O) groups is 5. The highest BCUT2D eigenvalue weighted by atomic mass is 35.5. The van der Waals surface area contributed by atoms with E-state index in [4.69, 9.17) is 11.6 Å². The van der Waals surface area contributed by atoms with E-state index in [1.807, 2.05) is 0 Å². The van der Waals surface area contributed by atoms with Crippen molar-refractivity contribution in [3.05, 3.63) is 101 Å². The van der Waals surface area contributed by atoms with Crippen molar-refractivity contribution in [3.63, 3.8) is 0 Å². The van der Waals surface area contributed by atoms with Gasteiger partial charge in [-0.25, -0.2) is 8.42 Å². The Balaban J connectivity index is 1.69. The Labute approximate surface area is 318 Å². The molecule has 1 fully saturated rings. The summed E-state index contributed by atoms with van der Waals surface area (Å²) in [6.45, 7) is -0.316. The van der Waals surface area contributed by atoms with Crippen molar-refractivity contribution in [2.24, 2.45) is 5.92 Å². The summed E-state index contributed by atoms with van der Waals surface area (Å²) in [4.78, 5) is 71.6. The zero-order chi connectivity index (χ0) is 40.7. The van der Waals surface area contributed by atoms with E-state index in [1.54, 1.807) is 54.6 Å². The van der Waals surface area contributed by atoms with Crippen molar-refractivity contribution in [1.82, 2.24) is 25.8 Å². The Morgan fingerprint density at radius 1 is 0.909 bits per heavy atom. The fourth-order valence-electron chi connectivity index (χ4n) is 5.89. The summed E-state index contributed by atoms with van der Waals surface area (Å²) in [5.74, 6) is -14.5. The number of alkyl halides is 5. The number of hydrogen-bond acceptors (Lipinski definition) is 8. The average molecular weight is 814 g/mol. The van der Waals surface area contributed by atoms with Crippen LogP contribution in [0.1, 0.15) is 41.9 Å². The third kappa shape index (κ3) is 11.3. The van der Waals surface area contributed by atoms with Crippen LogP contribution in [-0.2, 0) is 41.2 Å². The maximum Gasteiger partial charge on any atom is 0.405 e. The molecule has 1 aliphatic heterocycles. The van der Waals surface area contributed by atoms with Gasteiger partial charge in [-0.3, -0.25) is 29.0 Å². The van der Waals surface area contributed by atoms with Crippen molar-refractivity contribution in [2.75, 3.05) is 13.1 Å². The summed E-state index contributed by atoms with van der Waals surface area (Å²) in [6.07, 6.45) is -4.51. The number of benzene rings is 2. The molecule has 2 heterocycles. The second kappa shape index (κ2) is 17.7. The average Bonchev–Trinajstić information content (AvgIpc) is 3.59. The number of Topliss-reactive ketones (excluding diaryl/α,β-unsaturated/α-hetero) is 1. The molecule has 3 aromatic rings. The van der Waals surface area contributed by atoms with Crippen molar-refractivity contribution in [1.29, 1.82) is 0 Å². The largest absolute Gasteiger partial charge is 0.405 e. The monoisotopic (exact) mass is 813 g/mol. The van der Waals surface area contributed by atoms with Crippen LogP contribution in [0.5, 0.6) is 0 Å². The second-order valence-electron chi connectivity index (χ2n) is 13.2. The number of amides is 4. The summed E-state index contributed by atoms with van der Waals surface area (Å²) in [7, 11) is -4.14. The zero-order valence-electron chi connectivity index (χ0n) is 29.4. The van der Waals surface area contributed by atoms with Gasteiger partial charge >= 0.3 is 12.1 Å². The van der Waals surface area contributed by atoms with Crippen molar-refractivity contribution in [2.45, 2.75) is 67.9 Å². The molecule has 4 amide bonds. The van der Waals surface area contributed by atoms with Gasteiger partial charge in [-0.05, 0) is 47.7 Å². The molecular weight excluding hydrogens is 777 g/mol. The molecule has 19 heteroatoms. The SMILES string of the molecule is CC(C)[C@H](NC(=O)[C@@H]1C[C@@H](S(=O)(=O)Cc2ccccc2)CN1C(=O)[C@H](Cc1cccc(Cl)c1)NC(=O)c1ccccn1)C(=O)C(F)(F)C(=O)NCC(F)(F)F. The van der Waals surface area contributed by atoms with Crippen LogP contribution in [0.15, 0.2) is 79.0 Å². The van der Waals surface area contributed by atoms with Gasteiger partial charge in [0.05, 0.1) is 17.0 Å². The van der Waals surface area contributed by atoms with E-state index in [9.17, 15) is 54.3 Å². The van der Waals surface area contributed by atoms with Gasteiger partial charge in [0.25, 0.3) is 11.8 Å². The number of nitrogens with one attached hydrogen (secondary N) is 3. The molecule has 4 atom stereocenters. The number of hydrogen-bond donors (Lipinski definition) is 3. The van der Waals surface area contributed by atoms with Crippen LogP contribution in [0.3, 0.4) is 0 Å². The summed E-state index contributed by atoms with van der Waals surface area (Å²) >= 11 is 6.16. The first kappa shape index (κ1) is 42.8. The van der Waals surface area contributed by atoms with E-state index in [0.29, 0.717) is 16.1 Å². The van der Waals surface area contributed by atoms with E-state index in [1.165, 1.54) is 38.2 Å². The zero-order valence-corrected chi connectivity index (χ0v) is 30.9. The molecule has 3 N–H and O–H groups in total. The number of nitrogens with zero attached hydrogens (tertiary/aromatic N) is 2. The summed E-state index contributed by atoms with van der Waals surface area (Å²) < 4.78 is 95.3. The van der Waals surface area contributed by atoms with Gasteiger partial charge < -0.3 is 20.9 Å². The van der Waals surface area contributed by atoms with E-state index in [-0.39, 0.29) is 12.1 Å². The van der Waals surface area contributed by atoms with Gasteiger partial charge in [0.15, 0.2) is 9.84 Å². The first-order valence-corrected chi connectivity index (χ1v) is 18.9. The quantitative estimate of drug-likeness (QED) is 0.154. The van der Waals surface area contributed by atoms with Crippen LogP contribution in [-0.4, -0.2) is 96.3 Å². The summed E-state index contributed by atoms with van der Waals surface area (Å²) in [5.41, 5.74) is 0.771. The predicted molar refractivity (Wildman–Crippen MR) is 189 cm³/mol. The Hall–Kier alpha value is -4.97. The molecule has 12 nitrogen and oxygen atoms in total. The fourth-order valence-corrected chi connectivity index (χ4v) is 7.86. The molecule has 4 rings (SSSR count). The number of halogens is 6. The molecule has 296 valence electrons. The molecular formula is C36H37ClF5N5O7S. The first-order chi connectivity index (χ1) is 25.7. The Kier molecular flexibility index (Phi) is 13.7. The van der Waals surface area contributed by atoms with Crippen LogP contribution in [0.2, 0.25) is 5.02 Å². The number of carbonyl (C=O) groups excluding carboxylic acids is 5. The molecule has 0 bridgehead atoms. The van der Waals surface area contributed by atoms with E-state index in [2.05, 4.69) is 15.6 Å². The minimum absolute atomic E-state index is 0.0797. The molecule has 1 aromatic heterocycles. The highest BCUT2D eigenvalue weighted by Crippen LogP contribution is 2.29. The van der Waals surface area contributed by atoms with Crippen molar-refractivity contribution >= 4 is 50.9 Å². The molecule has 2 aromatic carbocycles. The van der Waals surface area contributed by atoms with E-state index in [0.717, 1.165) is 10.2 Å². The standard InChI is InChI=1S/C36H37ClF5N5O7S/c1-21(2)29(30(48)36(41,42)34(52)44-20-35(38,39)40)46-32(50)28-17-25(55(53,54)19-22-9-4-3-5-10-22)18-47(28)33(51)27(16-23-11-8-12-24(37)15-23)45-31(49)26-13-6-7-14-43-26/h3-15,21,25,27-29H,16-20H2,1-2H3,(H,44,52)(H,45,49)(H,46,50)/t25-,27+,28+,29+/m1/s1. The van der Waals surface area contributed by atoms with Gasteiger partial charge in [0.1, 0.15) is 24.3 Å². The Bertz CT molecular complexity index is 1990. The van der Waals surface area contributed by atoms with Crippen molar-refractivity contribution in [3.8, 4) is 0 Å². The molecule has 1 aliphatic rings. The third-order valence-corrected chi connectivity index (χ3v) is 11.0. The lowest BCUT2D eigenvalue weighted by Crippen LogP contribution is -2.60. The fraction of sp³-hybridized carbons (Fsp3) is 0.389. The van der Waals surface area contributed by atoms with Crippen LogP contribution < -0.4 is 16.0 Å². The molecule has 0 unspecified atom stereocenters. The summed E-state index contributed by atoms with van der Waals surface area (Å²) in [6, 6.07) is 13.3. The molecule has 0 radical (unpaired) electrons. The van der Waals surface area contributed by atoms with Crippen LogP contribution in [0.25, 0.3) is 0 Å². The van der Waals surface area contributed by atoms with E-state index >= 15 is 0 Å². The number of pyridine rings is 1. The normalized spacial score (nSPS) is 17.3. The number of aromatic nitrogens is 1. The number of ketones is 1. The lowest BCUT2D eigenvalue weighted by Gasteiger charge is -2.31. The van der Waals surface area contributed by atoms with E-state index < -0.39 is 106 Å². The second-order valence-corrected chi connectivity index (χ2v) is 15.9. The minimum atomic E-state index is -5.07. The van der Waals surface area contributed by atoms with Crippen LogP contribution in [0.4, 0.5) is 22.0 Å². The predicted octanol–water partition coefficient (Wildman–Crippen LogP) is 3.68. The smallest absolute Gasteiger partial charge is 0.344 e. The molecule has 55 heavy (non-hydrogen) atoms. The molecule has 0 aliphatic carbocycles. The maximum absolute atomic E-state index is 15.0. The van der Waals surface area contributed by atoms with Crippen LogP contribution in [0, 0.1) is 5.92 Å². The van der Waals surface area contributed by atoms with Gasteiger partial charge in [-0.2, -0.15) is 22.0 Å². The number of likely N-dealkylation sites (tertiary alicyclic amines) is 1. The van der Waals surface area contributed by atoms with Crippen LogP contribution >= 0.6 is 11.6 Å². The van der Waals surface area contributed by atoms with Crippen molar-refractivity contribution < 1.29 is 54.3 Å². The number of rotatable bonds is 15. The van der Waals surface area contributed by atoms with Gasteiger partial charge in [0.2, 0.25) is 17.6 Å². The van der Waals surface area contributed by atoms with Gasteiger partial charge in [0, 0.05) is 24.2 Å². The molecule has 1 saturated heterocycles. The third-order valence-electron chi connectivity index (χ3n) is 8.69. The Morgan fingerprint density at radius 2 is 1.56 bits per heavy atom. The summed E-state index contributed by atoms with van der Waals surface area (Å²) in [5, 5.41) is 4.51. The highest BCUT2D eigenvalue weighted by molar-refractivity contribution is 7.91. The highest BCUT2D eigenvalue weighted by Gasteiger charge is 2.53. The lowest BCUT2D eigenvalue weighted by molar-refractivity contribution is -0.165. The first-order valence-electron chi connectivity index (χ1n) is 16.8. The van der Waals surface area contributed by atoms with Gasteiger partial charge in [-0.15, -0.1) is 0 Å². The number of sulfone groups is 1. The Morgan fingerprint density at radius 3 is 2.16 bits per heavy atom. The lowest BCUT2D eigenvalue weighted by atomic mass is 9.94. The molecule has 0 spiro atoms. The van der Waals surface area contributed by atoms with Gasteiger partial charge in [-0.1, -0.05) is 74.0 Å².